The summed E-state index contributed by atoms with van der Waals surface area (Å²) in [6.45, 7) is 0. The minimum atomic E-state index is -1.47. The predicted molar refractivity (Wildman–Crippen MR) is 19.9 cm³/mol. The van der Waals surface area contributed by atoms with Crippen molar-refractivity contribution in [3.63, 3.8) is 0 Å². The lowest BCUT2D eigenvalue weighted by atomic mass is 9.97. The van der Waals surface area contributed by atoms with Crippen LogP contribution in [0, 0.1) is 0 Å². The average molecular weight is 75.1 g/mol. The highest BCUT2D eigenvalue weighted by Crippen LogP contribution is 2.16. The van der Waals surface area contributed by atoms with E-state index in [1.54, 1.807) is 0 Å². The molecule has 0 aromatic carbocycles. The zero-order valence-electron chi connectivity index (χ0n) is 5.86. The van der Waals surface area contributed by atoms with Crippen LogP contribution in [0.5, 0.6) is 0 Å². The van der Waals surface area contributed by atoms with Gasteiger partial charge in [0.05, 0.1) is 7.45 Å². The van der Waals surface area contributed by atoms with E-state index in [9.17, 15) is 0 Å². The maximum atomic E-state index is 8.68. The van der Waals surface area contributed by atoms with Crippen LogP contribution in [0.3, 0.4) is 0 Å². The lowest BCUT2D eigenvalue weighted by Crippen LogP contribution is -2.15. The van der Waals surface area contributed by atoms with Crippen LogP contribution in [-0.2, 0) is 0 Å². The Bertz CT molecular complexity index is 87.9. The SMILES string of the molecule is [2H]C1([2H])CC([2H])(O)C1. The molecule has 1 aliphatic rings. The number of aliphatic hydroxyl groups is 1. The molecule has 1 nitrogen and oxygen atoms in total. The summed E-state index contributed by atoms with van der Waals surface area (Å²) in [5.41, 5.74) is 0. The van der Waals surface area contributed by atoms with Gasteiger partial charge in [0.15, 0.2) is 0 Å². The van der Waals surface area contributed by atoms with Crippen molar-refractivity contribution in [2.24, 2.45) is 0 Å². The third-order valence-corrected chi connectivity index (χ3v) is 0.658. The third kappa shape index (κ3) is 0.428. The number of rotatable bonds is 0. The fourth-order valence-corrected chi connectivity index (χ4v) is 0.237. The molecule has 0 radical (unpaired) electrons. The van der Waals surface area contributed by atoms with Crippen LogP contribution in [0.4, 0.5) is 0 Å². The van der Waals surface area contributed by atoms with Gasteiger partial charge < -0.3 is 5.11 Å². The van der Waals surface area contributed by atoms with Crippen molar-refractivity contribution in [1.29, 1.82) is 0 Å². The summed E-state index contributed by atoms with van der Waals surface area (Å²) in [4.78, 5) is 0. The summed E-state index contributed by atoms with van der Waals surface area (Å²) >= 11 is 0. The minimum absolute atomic E-state index is 0.0417. The van der Waals surface area contributed by atoms with Crippen LogP contribution >= 0.6 is 0 Å². The van der Waals surface area contributed by atoms with Gasteiger partial charge in [-0.05, 0) is 19.2 Å². The Morgan fingerprint density at radius 2 is 2.60 bits per heavy atom. The van der Waals surface area contributed by atoms with E-state index < -0.39 is 12.5 Å². The largest absolute Gasteiger partial charge is 0.393 e. The molecule has 1 fully saturated rings. The lowest BCUT2D eigenvalue weighted by molar-refractivity contribution is 0.0950. The minimum Gasteiger partial charge on any atom is -0.393 e. The van der Waals surface area contributed by atoms with E-state index in [2.05, 4.69) is 0 Å². The fraction of sp³-hybridized carbons (Fsp3) is 1.00. The summed E-state index contributed by atoms with van der Waals surface area (Å²) in [6.07, 6.45) is -2.83. The molecule has 0 unspecified atom stereocenters. The molecule has 1 rings (SSSR count). The van der Waals surface area contributed by atoms with Crippen LogP contribution in [0.15, 0.2) is 0 Å². The van der Waals surface area contributed by atoms with Crippen LogP contribution in [-0.4, -0.2) is 11.2 Å². The molecule has 0 aliphatic heterocycles. The Balaban J connectivity index is 2.42. The van der Waals surface area contributed by atoms with E-state index in [0.29, 0.717) is 0 Å². The second-order valence-electron chi connectivity index (χ2n) is 1.17. The van der Waals surface area contributed by atoms with Gasteiger partial charge in [-0.25, -0.2) is 0 Å². The molecule has 1 heteroatoms. The van der Waals surface area contributed by atoms with Crippen LogP contribution in [0.1, 0.15) is 23.3 Å². The second-order valence-corrected chi connectivity index (χ2v) is 1.17. The molecule has 1 N–H and O–H groups in total. The molecule has 30 valence electrons. The Morgan fingerprint density at radius 3 is 2.60 bits per heavy atom. The zero-order valence-corrected chi connectivity index (χ0v) is 2.86. The standard InChI is InChI=1S/C4H8O/c5-4-2-1-3-4/h4-5H,1-3H2/i1D2,4D. The molecule has 1 aliphatic carbocycles. The first-order chi connectivity index (χ1) is 3.41. The summed E-state index contributed by atoms with van der Waals surface area (Å²) in [5.74, 6) is 0. The molecule has 0 aromatic rings. The maximum absolute atomic E-state index is 8.68. The van der Waals surface area contributed by atoms with Crippen molar-refractivity contribution < 1.29 is 9.22 Å². The summed E-state index contributed by atoms with van der Waals surface area (Å²) in [7, 11) is 0. The highest BCUT2D eigenvalue weighted by Gasteiger charge is 2.11. The van der Waals surface area contributed by atoms with Gasteiger partial charge in [0.2, 0.25) is 0 Å². The van der Waals surface area contributed by atoms with Crippen molar-refractivity contribution in [2.75, 3.05) is 0 Å². The summed E-state index contributed by atoms with van der Waals surface area (Å²) in [6, 6.07) is 0. The first-order valence-corrected chi connectivity index (χ1v) is 1.64. The van der Waals surface area contributed by atoms with Gasteiger partial charge in [-0.2, -0.15) is 0 Å². The van der Waals surface area contributed by atoms with Gasteiger partial charge in [0.25, 0.3) is 0 Å². The Morgan fingerprint density at radius 1 is 2.00 bits per heavy atom. The van der Waals surface area contributed by atoms with Crippen molar-refractivity contribution in [1.82, 2.24) is 0 Å². The third-order valence-electron chi connectivity index (χ3n) is 0.658. The van der Waals surface area contributed by atoms with Gasteiger partial charge >= 0.3 is 0 Å². The first-order valence-electron chi connectivity index (χ1n) is 3.14. The van der Waals surface area contributed by atoms with Crippen molar-refractivity contribution >= 4 is 0 Å². The highest BCUT2D eigenvalue weighted by molar-refractivity contribution is 4.65. The summed E-state index contributed by atoms with van der Waals surface area (Å²) in [5, 5.41) is 8.68. The quantitative estimate of drug-likeness (QED) is 0.445. The Hall–Kier alpha value is -0.0400. The van der Waals surface area contributed by atoms with E-state index in [1.165, 1.54) is 0 Å². The molecule has 0 atom stereocenters. The molecule has 0 amide bonds. The van der Waals surface area contributed by atoms with E-state index in [0.717, 1.165) is 0 Å². The molecule has 5 heavy (non-hydrogen) atoms. The van der Waals surface area contributed by atoms with Crippen LogP contribution < -0.4 is 0 Å². The first kappa shape index (κ1) is 1.23. The normalized spacial score (nSPS) is 51.0. The molecule has 0 aromatic heterocycles. The highest BCUT2D eigenvalue weighted by atomic mass is 16.3. The smallest absolute Gasteiger partial charge is 0.0600 e. The van der Waals surface area contributed by atoms with Gasteiger partial charge in [-0.15, -0.1) is 0 Å². The van der Waals surface area contributed by atoms with E-state index in [1.807, 2.05) is 0 Å². The lowest BCUT2D eigenvalue weighted by Gasteiger charge is -2.17. The van der Waals surface area contributed by atoms with Crippen LogP contribution in [0.25, 0.3) is 0 Å². The van der Waals surface area contributed by atoms with Crippen LogP contribution in [0.2, 0.25) is 0 Å². The Kier molecular flexibility index (Phi) is 0.240. The fourth-order valence-electron chi connectivity index (χ4n) is 0.237. The molecular weight excluding hydrogens is 64.0 g/mol. The van der Waals surface area contributed by atoms with Gasteiger partial charge in [-0.1, -0.05) is 0 Å². The summed E-state index contributed by atoms with van der Waals surface area (Å²) < 4.78 is 20.7. The van der Waals surface area contributed by atoms with Gasteiger partial charge in [0.1, 0.15) is 0 Å². The van der Waals surface area contributed by atoms with Crippen molar-refractivity contribution in [3.8, 4) is 0 Å². The van der Waals surface area contributed by atoms with Gasteiger partial charge in [0, 0.05) is 2.74 Å². The molecule has 0 bridgehead atoms. The number of hydrogen-bond donors (Lipinski definition) is 1. The molecule has 0 spiro atoms. The zero-order chi connectivity index (χ0) is 6.41. The van der Waals surface area contributed by atoms with Crippen molar-refractivity contribution in [2.45, 2.75) is 25.3 Å². The predicted octanol–water partition coefficient (Wildman–Crippen LogP) is 0.531. The number of hydrogen-bond acceptors (Lipinski definition) is 1. The second kappa shape index (κ2) is 0.977. The molecule has 0 saturated heterocycles. The van der Waals surface area contributed by atoms with E-state index in [4.69, 9.17) is 9.22 Å². The topological polar surface area (TPSA) is 20.2 Å². The van der Waals surface area contributed by atoms with E-state index in [-0.39, 0.29) is 12.8 Å². The average Bonchev–Trinajstić information content (AvgIpc) is 1.20. The maximum Gasteiger partial charge on any atom is 0.0600 e. The van der Waals surface area contributed by atoms with Gasteiger partial charge in [-0.3, -0.25) is 0 Å². The van der Waals surface area contributed by atoms with Crippen molar-refractivity contribution in [3.05, 3.63) is 0 Å². The monoisotopic (exact) mass is 75.1 g/mol. The molecule has 1 saturated carbocycles. The van der Waals surface area contributed by atoms with E-state index >= 15 is 0 Å². The molecule has 0 heterocycles. The Labute approximate surface area is 35.8 Å². The molecular formula is C4H8O.